The van der Waals surface area contributed by atoms with Crippen LogP contribution in [0.3, 0.4) is 0 Å². The molecule has 0 saturated carbocycles. The molecule has 0 N–H and O–H groups in total. The van der Waals surface area contributed by atoms with E-state index in [1.54, 1.807) is 12.1 Å². The third-order valence-electron chi connectivity index (χ3n) is 1.50. The number of benzene rings is 1. The monoisotopic (exact) mass is 207 g/mol. The average molecular weight is 208 g/mol. The van der Waals surface area contributed by atoms with E-state index < -0.39 is 10.6 Å². The van der Waals surface area contributed by atoms with Crippen LogP contribution in [0.2, 0.25) is 5.02 Å². The molecule has 14 heavy (non-hydrogen) atoms. The molecular weight excluding hydrogens is 206 g/mol. The summed E-state index contributed by atoms with van der Waals surface area (Å²) in [5.41, 5.74) is -0.461. The van der Waals surface area contributed by atoms with Crippen molar-refractivity contribution in [3.05, 3.63) is 38.4 Å². The highest BCUT2D eigenvalue weighted by Crippen LogP contribution is 2.28. The average Bonchev–Trinajstić information content (AvgIpc) is 2.17. The van der Waals surface area contributed by atoms with Crippen LogP contribution in [0.4, 0.5) is 5.69 Å². The zero-order valence-corrected chi connectivity index (χ0v) is 7.45. The Morgan fingerprint density at radius 2 is 2.00 bits per heavy atom. The fourth-order valence-electron chi connectivity index (χ4n) is 0.888. The molecule has 0 aliphatic heterocycles. The van der Waals surface area contributed by atoms with Gasteiger partial charge in [0.05, 0.1) is 22.1 Å². The van der Waals surface area contributed by atoms with Gasteiger partial charge in [-0.3, -0.25) is 10.1 Å². The standard InChI is InChI=1S/C8H2ClN3O2/c9-8-6(4-11)1-5(3-10)2-7(8)12(13)14/h1-2H. The fourth-order valence-corrected chi connectivity index (χ4v) is 1.11. The van der Waals surface area contributed by atoms with Gasteiger partial charge in [0.25, 0.3) is 5.69 Å². The second kappa shape index (κ2) is 3.73. The fraction of sp³-hybridized carbons (Fsp3) is 0. The van der Waals surface area contributed by atoms with Crippen LogP contribution >= 0.6 is 11.6 Å². The van der Waals surface area contributed by atoms with E-state index in [0.717, 1.165) is 6.07 Å². The van der Waals surface area contributed by atoms with Crippen molar-refractivity contribution >= 4 is 17.3 Å². The van der Waals surface area contributed by atoms with Gasteiger partial charge in [-0.1, -0.05) is 11.6 Å². The van der Waals surface area contributed by atoms with Gasteiger partial charge in [0.2, 0.25) is 0 Å². The van der Waals surface area contributed by atoms with E-state index in [0.29, 0.717) is 0 Å². The van der Waals surface area contributed by atoms with Gasteiger partial charge in [-0.15, -0.1) is 0 Å². The first-order chi connectivity index (χ1) is 6.60. The number of nitriles is 2. The van der Waals surface area contributed by atoms with E-state index in [-0.39, 0.29) is 16.1 Å². The van der Waals surface area contributed by atoms with Crippen molar-refractivity contribution in [2.45, 2.75) is 0 Å². The minimum absolute atomic E-state index is 0.0395. The molecule has 0 amide bonds. The molecule has 68 valence electrons. The summed E-state index contributed by atoms with van der Waals surface area (Å²) >= 11 is 5.56. The Balaban J connectivity index is 3.54. The van der Waals surface area contributed by atoms with Crippen LogP contribution in [0.15, 0.2) is 12.1 Å². The van der Waals surface area contributed by atoms with Gasteiger partial charge in [0.1, 0.15) is 11.1 Å². The number of nitro groups is 1. The molecule has 0 heterocycles. The summed E-state index contributed by atoms with van der Waals surface area (Å²) in [6.07, 6.45) is 0. The predicted molar refractivity (Wildman–Crippen MR) is 47.5 cm³/mol. The molecule has 0 spiro atoms. The van der Waals surface area contributed by atoms with Gasteiger partial charge >= 0.3 is 0 Å². The lowest BCUT2D eigenvalue weighted by Gasteiger charge is -1.97. The number of rotatable bonds is 1. The lowest BCUT2D eigenvalue weighted by molar-refractivity contribution is -0.384. The number of hydrogen-bond donors (Lipinski definition) is 0. The molecule has 1 rings (SSSR count). The molecule has 6 heteroatoms. The maximum absolute atomic E-state index is 10.5. The summed E-state index contributed by atoms with van der Waals surface area (Å²) in [7, 11) is 0. The van der Waals surface area contributed by atoms with Crippen LogP contribution in [0, 0.1) is 32.8 Å². The van der Waals surface area contributed by atoms with Crippen LogP contribution in [0.25, 0.3) is 0 Å². The summed E-state index contributed by atoms with van der Waals surface area (Å²) < 4.78 is 0. The topological polar surface area (TPSA) is 90.7 Å². The van der Waals surface area contributed by atoms with Crippen molar-refractivity contribution in [1.82, 2.24) is 0 Å². The molecular formula is C8H2ClN3O2. The van der Waals surface area contributed by atoms with Crippen molar-refractivity contribution in [3.63, 3.8) is 0 Å². The molecule has 1 aromatic carbocycles. The number of hydrogen-bond acceptors (Lipinski definition) is 4. The normalized spacial score (nSPS) is 8.79. The Hall–Kier alpha value is -2.11. The molecule has 0 aromatic heterocycles. The Morgan fingerprint density at radius 1 is 1.36 bits per heavy atom. The third-order valence-corrected chi connectivity index (χ3v) is 1.90. The SMILES string of the molecule is N#Cc1cc(C#N)c(Cl)c([N+](=O)[O-])c1. The first-order valence-corrected chi connectivity index (χ1v) is 3.76. The second-order valence-corrected chi connectivity index (χ2v) is 2.72. The van der Waals surface area contributed by atoms with E-state index in [2.05, 4.69) is 0 Å². The molecule has 0 unspecified atom stereocenters. The third kappa shape index (κ3) is 1.63. The Kier molecular flexibility index (Phi) is 2.66. The van der Waals surface area contributed by atoms with Crippen molar-refractivity contribution in [1.29, 1.82) is 10.5 Å². The van der Waals surface area contributed by atoms with Crippen molar-refractivity contribution in [3.8, 4) is 12.1 Å². The first-order valence-electron chi connectivity index (χ1n) is 3.38. The summed E-state index contributed by atoms with van der Waals surface area (Å²) in [6, 6.07) is 5.62. The summed E-state index contributed by atoms with van der Waals surface area (Å²) in [5.74, 6) is 0. The van der Waals surface area contributed by atoms with Gasteiger partial charge in [0, 0.05) is 6.07 Å². The molecule has 0 fully saturated rings. The summed E-state index contributed by atoms with van der Waals surface area (Å²) in [4.78, 5) is 9.73. The minimum Gasteiger partial charge on any atom is -0.258 e. The second-order valence-electron chi connectivity index (χ2n) is 2.34. The van der Waals surface area contributed by atoms with Gasteiger partial charge in [-0.2, -0.15) is 10.5 Å². The summed E-state index contributed by atoms with van der Waals surface area (Å²) in [6.45, 7) is 0. The van der Waals surface area contributed by atoms with Gasteiger partial charge < -0.3 is 0 Å². The van der Waals surface area contributed by atoms with Crippen molar-refractivity contribution in [2.24, 2.45) is 0 Å². The number of nitrogens with zero attached hydrogens (tertiary/aromatic N) is 3. The quantitative estimate of drug-likeness (QED) is 0.520. The Labute approximate surface area is 83.9 Å². The van der Waals surface area contributed by atoms with E-state index in [4.69, 9.17) is 22.1 Å². The summed E-state index contributed by atoms with van der Waals surface area (Å²) in [5, 5.41) is 27.3. The largest absolute Gasteiger partial charge is 0.290 e. The molecule has 0 atom stereocenters. The van der Waals surface area contributed by atoms with E-state index in [9.17, 15) is 10.1 Å². The lowest BCUT2D eigenvalue weighted by atomic mass is 10.1. The Bertz CT molecular complexity index is 485. The zero-order chi connectivity index (χ0) is 10.7. The van der Waals surface area contributed by atoms with E-state index in [1.807, 2.05) is 0 Å². The molecule has 0 aliphatic carbocycles. The highest BCUT2D eigenvalue weighted by molar-refractivity contribution is 6.33. The predicted octanol–water partition coefficient (Wildman–Crippen LogP) is 1.99. The van der Waals surface area contributed by atoms with Crippen molar-refractivity contribution in [2.75, 3.05) is 0 Å². The lowest BCUT2D eigenvalue weighted by Crippen LogP contribution is -1.92. The first kappa shape index (κ1) is 9.97. The van der Waals surface area contributed by atoms with Gasteiger partial charge in [-0.05, 0) is 6.07 Å². The smallest absolute Gasteiger partial charge is 0.258 e. The number of halogens is 1. The van der Waals surface area contributed by atoms with Crippen LogP contribution in [-0.2, 0) is 0 Å². The molecule has 0 saturated heterocycles. The van der Waals surface area contributed by atoms with Crippen LogP contribution in [0.1, 0.15) is 11.1 Å². The molecule has 5 nitrogen and oxygen atoms in total. The van der Waals surface area contributed by atoms with E-state index in [1.165, 1.54) is 6.07 Å². The highest BCUT2D eigenvalue weighted by Gasteiger charge is 2.17. The van der Waals surface area contributed by atoms with Gasteiger partial charge in [0.15, 0.2) is 0 Å². The number of nitro benzene ring substituents is 1. The van der Waals surface area contributed by atoms with Crippen molar-refractivity contribution < 1.29 is 4.92 Å². The minimum atomic E-state index is -0.732. The maximum atomic E-state index is 10.5. The van der Waals surface area contributed by atoms with Crippen LogP contribution in [-0.4, -0.2) is 4.92 Å². The highest BCUT2D eigenvalue weighted by atomic mass is 35.5. The van der Waals surface area contributed by atoms with Crippen LogP contribution in [0.5, 0.6) is 0 Å². The zero-order valence-electron chi connectivity index (χ0n) is 6.69. The molecule has 1 aromatic rings. The van der Waals surface area contributed by atoms with Gasteiger partial charge in [-0.25, -0.2) is 0 Å². The van der Waals surface area contributed by atoms with E-state index >= 15 is 0 Å². The maximum Gasteiger partial charge on any atom is 0.290 e. The molecule has 0 bridgehead atoms. The Morgan fingerprint density at radius 3 is 2.43 bits per heavy atom. The molecule has 0 aliphatic rings. The van der Waals surface area contributed by atoms with Crippen LogP contribution < -0.4 is 0 Å². The molecule has 0 radical (unpaired) electrons.